The second-order valence-corrected chi connectivity index (χ2v) is 8.10. The number of amidine groups is 1. The quantitative estimate of drug-likeness (QED) is 0.823. The van der Waals surface area contributed by atoms with Gasteiger partial charge in [-0.25, -0.2) is 0 Å². The van der Waals surface area contributed by atoms with Crippen LogP contribution in [-0.4, -0.2) is 22.5 Å². The minimum atomic E-state index is 0.383. The van der Waals surface area contributed by atoms with Crippen molar-refractivity contribution in [2.75, 3.05) is 5.75 Å². The number of hydrogen-bond acceptors (Lipinski definition) is 2. The topological polar surface area (TPSA) is 24.4 Å². The first kappa shape index (κ1) is 15.2. The van der Waals surface area contributed by atoms with Gasteiger partial charge in [0.05, 0.1) is 0 Å². The van der Waals surface area contributed by atoms with Crippen molar-refractivity contribution >= 4 is 16.9 Å². The molecule has 2 nitrogen and oxygen atoms in total. The summed E-state index contributed by atoms with van der Waals surface area (Å²) < 4.78 is 0. The summed E-state index contributed by atoms with van der Waals surface area (Å²) >= 11 is 1.95. The third kappa shape index (κ3) is 4.40. The molecule has 3 heteroatoms. The van der Waals surface area contributed by atoms with Crippen molar-refractivity contribution in [1.29, 1.82) is 0 Å². The van der Waals surface area contributed by atoms with E-state index in [1.54, 1.807) is 0 Å². The maximum Gasteiger partial charge on any atom is 0.157 e. The first-order valence-corrected chi connectivity index (χ1v) is 8.96. The second-order valence-electron chi connectivity index (χ2n) is 7.13. The Morgan fingerprint density at radius 1 is 1.26 bits per heavy atom. The fourth-order valence-corrected chi connectivity index (χ4v) is 4.32. The summed E-state index contributed by atoms with van der Waals surface area (Å²) in [4.78, 5) is 4.89. The van der Waals surface area contributed by atoms with E-state index in [0.717, 1.165) is 11.8 Å². The van der Waals surface area contributed by atoms with Crippen LogP contribution in [0.1, 0.15) is 66.2 Å². The van der Waals surface area contributed by atoms with Gasteiger partial charge in [0.1, 0.15) is 0 Å². The SMILES string of the molecule is CC(C)CCC(C)N=C1NC2(CCC(C)CC2)CS1. The van der Waals surface area contributed by atoms with E-state index in [1.165, 1.54) is 49.4 Å². The Hall–Kier alpha value is -0.180. The van der Waals surface area contributed by atoms with Gasteiger partial charge in [-0.1, -0.05) is 32.5 Å². The molecule has 1 saturated heterocycles. The Morgan fingerprint density at radius 3 is 2.58 bits per heavy atom. The van der Waals surface area contributed by atoms with E-state index in [9.17, 15) is 0 Å². The van der Waals surface area contributed by atoms with Crippen LogP contribution in [0.25, 0.3) is 0 Å². The standard InChI is InChI=1S/C16H30N2S/c1-12(2)5-6-14(4)17-15-18-16(11-19-15)9-7-13(3)8-10-16/h12-14H,5-11H2,1-4H3,(H,17,18). The lowest BCUT2D eigenvalue weighted by atomic mass is 9.78. The molecule has 1 aliphatic heterocycles. The molecule has 0 radical (unpaired) electrons. The molecule has 2 rings (SSSR count). The van der Waals surface area contributed by atoms with Crippen LogP contribution in [0.4, 0.5) is 0 Å². The Morgan fingerprint density at radius 2 is 1.95 bits per heavy atom. The van der Waals surface area contributed by atoms with Crippen molar-refractivity contribution in [2.45, 2.75) is 77.8 Å². The van der Waals surface area contributed by atoms with Gasteiger partial charge >= 0.3 is 0 Å². The van der Waals surface area contributed by atoms with E-state index >= 15 is 0 Å². The summed E-state index contributed by atoms with van der Waals surface area (Å²) in [5, 5.41) is 4.97. The molecule has 1 heterocycles. The lowest BCUT2D eigenvalue weighted by Gasteiger charge is -2.35. The van der Waals surface area contributed by atoms with E-state index in [0.29, 0.717) is 11.6 Å². The van der Waals surface area contributed by atoms with Crippen LogP contribution >= 0.6 is 11.8 Å². The third-order valence-corrected chi connectivity index (χ3v) is 5.77. The van der Waals surface area contributed by atoms with Gasteiger partial charge in [0.25, 0.3) is 0 Å². The van der Waals surface area contributed by atoms with Gasteiger partial charge < -0.3 is 5.32 Å². The van der Waals surface area contributed by atoms with Crippen molar-refractivity contribution in [1.82, 2.24) is 5.32 Å². The van der Waals surface area contributed by atoms with E-state index in [-0.39, 0.29) is 0 Å². The molecule has 1 aliphatic carbocycles. The predicted octanol–water partition coefficient (Wildman–Crippen LogP) is 4.45. The number of nitrogens with one attached hydrogen (secondary N) is 1. The highest BCUT2D eigenvalue weighted by molar-refractivity contribution is 8.14. The lowest BCUT2D eigenvalue weighted by Crippen LogP contribution is -2.46. The van der Waals surface area contributed by atoms with E-state index in [1.807, 2.05) is 11.8 Å². The molecule has 0 amide bonds. The summed E-state index contributed by atoms with van der Waals surface area (Å²) in [7, 11) is 0. The minimum Gasteiger partial charge on any atom is -0.359 e. The number of rotatable bonds is 4. The monoisotopic (exact) mass is 282 g/mol. The highest BCUT2D eigenvalue weighted by Crippen LogP contribution is 2.38. The van der Waals surface area contributed by atoms with Crippen molar-refractivity contribution in [3.63, 3.8) is 0 Å². The summed E-state index contributed by atoms with van der Waals surface area (Å²) in [6, 6.07) is 0.468. The predicted molar refractivity (Wildman–Crippen MR) is 86.9 cm³/mol. The summed E-state index contributed by atoms with van der Waals surface area (Å²) in [6.07, 6.45) is 7.92. The van der Waals surface area contributed by atoms with Gasteiger partial charge in [-0.3, -0.25) is 4.99 Å². The number of hydrogen-bond donors (Lipinski definition) is 1. The smallest absolute Gasteiger partial charge is 0.157 e. The average Bonchev–Trinajstić information content (AvgIpc) is 2.74. The first-order valence-electron chi connectivity index (χ1n) is 7.98. The fraction of sp³-hybridized carbons (Fsp3) is 0.938. The molecule has 0 bridgehead atoms. The molecule has 2 fully saturated rings. The summed E-state index contributed by atoms with van der Waals surface area (Å²) in [5.74, 6) is 2.94. The molecule has 1 N–H and O–H groups in total. The second kappa shape index (κ2) is 6.51. The van der Waals surface area contributed by atoms with Crippen LogP contribution in [0.2, 0.25) is 0 Å². The van der Waals surface area contributed by atoms with Gasteiger partial charge in [-0.15, -0.1) is 0 Å². The maximum atomic E-state index is 4.89. The molecule has 1 unspecified atom stereocenters. The van der Waals surface area contributed by atoms with Gasteiger partial charge in [0.15, 0.2) is 5.17 Å². The zero-order valence-corrected chi connectivity index (χ0v) is 13.9. The Balaban J connectivity index is 1.83. The number of aliphatic imine (C=N–C) groups is 1. The molecule has 0 aromatic carbocycles. The van der Waals surface area contributed by atoms with E-state index < -0.39 is 0 Å². The molecule has 2 aliphatic rings. The molecule has 1 saturated carbocycles. The van der Waals surface area contributed by atoms with Gasteiger partial charge in [-0.05, 0) is 57.3 Å². The van der Waals surface area contributed by atoms with Crippen LogP contribution in [0.3, 0.4) is 0 Å². The first-order chi connectivity index (χ1) is 8.99. The highest BCUT2D eigenvalue weighted by atomic mass is 32.2. The van der Waals surface area contributed by atoms with Gasteiger partial charge in [0.2, 0.25) is 0 Å². The molecular formula is C16H30N2S. The largest absolute Gasteiger partial charge is 0.359 e. The minimum absolute atomic E-state index is 0.383. The molecule has 19 heavy (non-hydrogen) atoms. The molecule has 0 aromatic rings. The van der Waals surface area contributed by atoms with Crippen molar-refractivity contribution in [2.24, 2.45) is 16.8 Å². The van der Waals surface area contributed by atoms with Gasteiger partial charge in [0, 0.05) is 17.3 Å². The Kier molecular flexibility index (Phi) is 5.22. The third-order valence-electron chi connectivity index (χ3n) is 4.59. The molecule has 1 atom stereocenters. The van der Waals surface area contributed by atoms with Crippen LogP contribution in [0.15, 0.2) is 4.99 Å². The van der Waals surface area contributed by atoms with Crippen LogP contribution < -0.4 is 5.32 Å². The Bertz CT molecular complexity index is 317. The summed E-state index contributed by atoms with van der Waals surface area (Å²) in [6.45, 7) is 9.23. The Labute approximate surface area is 123 Å². The van der Waals surface area contributed by atoms with Crippen molar-refractivity contribution in [3.8, 4) is 0 Å². The molecule has 1 spiro atoms. The lowest BCUT2D eigenvalue weighted by molar-refractivity contribution is 0.250. The van der Waals surface area contributed by atoms with Crippen molar-refractivity contribution in [3.05, 3.63) is 0 Å². The average molecular weight is 282 g/mol. The van der Waals surface area contributed by atoms with Crippen LogP contribution in [0.5, 0.6) is 0 Å². The maximum absolute atomic E-state index is 4.89. The zero-order valence-electron chi connectivity index (χ0n) is 13.0. The number of nitrogens with zero attached hydrogens (tertiary/aromatic N) is 1. The zero-order chi connectivity index (χ0) is 13.9. The molecular weight excluding hydrogens is 252 g/mol. The normalized spacial score (nSPS) is 35.0. The van der Waals surface area contributed by atoms with Gasteiger partial charge in [-0.2, -0.15) is 0 Å². The molecule has 110 valence electrons. The van der Waals surface area contributed by atoms with E-state index in [2.05, 4.69) is 33.0 Å². The van der Waals surface area contributed by atoms with Crippen molar-refractivity contribution < 1.29 is 0 Å². The van der Waals surface area contributed by atoms with Crippen LogP contribution in [-0.2, 0) is 0 Å². The number of thioether (sulfide) groups is 1. The van der Waals surface area contributed by atoms with Crippen LogP contribution in [0, 0.1) is 11.8 Å². The fourth-order valence-electron chi connectivity index (χ4n) is 3.00. The van der Waals surface area contributed by atoms with E-state index in [4.69, 9.17) is 4.99 Å². The summed E-state index contributed by atoms with van der Waals surface area (Å²) in [5.41, 5.74) is 0.383. The molecule has 0 aromatic heterocycles. The highest BCUT2D eigenvalue weighted by Gasteiger charge is 2.39.